The monoisotopic (exact) mass is 139 g/mol. The van der Waals surface area contributed by atoms with Gasteiger partial charge in [0.1, 0.15) is 0 Å². The number of hydrogen-bond donors (Lipinski definition) is 1. The molecule has 0 aromatic heterocycles. The van der Waals surface area contributed by atoms with Crippen molar-refractivity contribution in [2.24, 2.45) is 17.1 Å². The largest absolute Gasteiger partial charge is 0.330 e. The minimum atomic E-state index is 0.833. The zero-order chi connectivity index (χ0) is 7.03. The number of hydrogen-bond acceptors (Lipinski definition) is 1. The van der Waals surface area contributed by atoms with Crippen molar-refractivity contribution in [1.29, 1.82) is 0 Å². The molecule has 1 unspecified atom stereocenters. The highest BCUT2D eigenvalue weighted by Crippen LogP contribution is 2.63. The van der Waals surface area contributed by atoms with Crippen molar-refractivity contribution in [3.63, 3.8) is 0 Å². The Kier molecular flexibility index (Phi) is 1.48. The fourth-order valence-electron chi connectivity index (χ4n) is 2.73. The maximum atomic E-state index is 5.52. The number of nitrogens with two attached hydrogens (primary N) is 1. The van der Waals surface area contributed by atoms with Crippen molar-refractivity contribution in [2.45, 2.75) is 38.5 Å². The lowest BCUT2D eigenvalue weighted by Gasteiger charge is -2.05. The summed E-state index contributed by atoms with van der Waals surface area (Å²) in [5, 5.41) is 0. The Labute approximate surface area is 63.0 Å². The molecular formula is C9H17N. The van der Waals surface area contributed by atoms with Gasteiger partial charge in [-0.15, -0.1) is 0 Å². The first kappa shape index (κ1) is 6.66. The topological polar surface area (TPSA) is 26.0 Å². The van der Waals surface area contributed by atoms with Crippen LogP contribution in [0, 0.1) is 11.3 Å². The van der Waals surface area contributed by atoms with Crippen LogP contribution in [-0.4, -0.2) is 6.54 Å². The average Bonchev–Trinajstić information content (AvgIpc) is 2.43. The molecule has 58 valence electrons. The molecule has 0 aliphatic heterocycles. The molecule has 2 rings (SSSR count). The van der Waals surface area contributed by atoms with Gasteiger partial charge in [-0.05, 0) is 43.6 Å². The van der Waals surface area contributed by atoms with Crippen molar-refractivity contribution in [2.75, 3.05) is 6.54 Å². The van der Waals surface area contributed by atoms with Crippen LogP contribution in [0.3, 0.4) is 0 Å². The molecule has 2 N–H and O–H groups in total. The Morgan fingerprint density at radius 1 is 1.30 bits per heavy atom. The van der Waals surface area contributed by atoms with E-state index in [1.165, 1.54) is 38.5 Å². The summed E-state index contributed by atoms with van der Waals surface area (Å²) in [5.74, 6) is 1.03. The van der Waals surface area contributed by atoms with Gasteiger partial charge in [-0.1, -0.05) is 12.8 Å². The van der Waals surface area contributed by atoms with E-state index < -0.39 is 0 Å². The summed E-state index contributed by atoms with van der Waals surface area (Å²) >= 11 is 0. The van der Waals surface area contributed by atoms with E-state index in [0.29, 0.717) is 0 Å². The first-order valence-corrected chi connectivity index (χ1v) is 4.57. The second kappa shape index (κ2) is 2.23. The number of rotatable bonds is 2. The normalized spacial score (nSPS) is 35.1. The van der Waals surface area contributed by atoms with Crippen LogP contribution < -0.4 is 5.73 Å². The van der Waals surface area contributed by atoms with Crippen LogP contribution in [0.2, 0.25) is 0 Å². The standard InChI is InChI=1S/C9H17N/c10-6-3-8-7-9(8)4-1-2-5-9/h8H,1-7,10H2. The Morgan fingerprint density at radius 2 is 2.00 bits per heavy atom. The highest BCUT2D eigenvalue weighted by Gasteiger charge is 2.53. The van der Waals surface area contributed by atoms with Crippen molar-refractivity contribution in [3.05, 3.63) is 0 Å². The summed E-state index contributed by atoms with van der Waals surface area (Å²) in [6, 6.07) is 0. The molecule has 0 aromatic rings. The van der Waals surface area contributed by atoms with Crippen LogP contribution >= 0.6 is 0 Å². The summed E-state index contributed by atoms with van der Waals surface area (Å²) in [7, 11) is 0. The third kappa shape index (κ3) is 0.878. The molecule has 2 saturated carbocycles. The van der Waals surface area contributed by atoms with E-state index in [1.54, 1.807) is 0 Å². The molecule has 0 aromatic carbocycles. The second-order valence-corrected chi connectivity index (χ2v) is 4.05. The Balaban J connectivity index is 1.86. The zero-order valence-corrected chi connectivity index (χ0v) is 6.60. The Bertz CT molecular complexity index is 125. The van der Waals surface area contributed by atoms with E-state index in [-0.39, 0.29) is 0 Å². The molecule has 0 saturated heterocycles. The molecule has 0 heterocycles. The quantitative estimate of drug-likeness (QED) is 0.621. The molecule has 0 radical (unpaired) electrons. The lowest BCUT2D eigenvalue weighted by Crippen LogP contribution is -2.04. The van der Waals surface area contributed by atoms with Crippen molar-refractivity contribution < 1.29 is 0 Å². The van der Waals surface area contributed by atoms with E-state index in [2.05, 4.69) is 0 Å². The maximum absolute atomic E-state index is 5.52. The van der Waals surface area contributed by atoms with Crippen LogP contribution in [0.5, 0.6) is 0 Å². The van der Waals surface area contributed by atoms with Crippen LogP contribution in [-0.2, 0) is 0 Å². The summed E-state index contributed by atoms with van der Waals surface area (Å²) in [4.78, 5) is 0. The van der Waals surface area contributed by atoms with Crippen molar-refractivity contribution in [3.8, 4) is 0 Å². The van der Waals surface area contributed by atoms with Crippen LogP contribution in [0.4, 0.5) is 0 Å². The predicted octanol–water partition coefficient (Wildman–Crippen LogP) is 1.92. The molecule has 0 bridgehead atoms. The first-order valence-electron chi connectivity index (χ1n) is 4.57. The molecule has 2 fully saturated rings. The summed E-state index contributed by atoms with van der Waals surface area (Å²) in [6.07, 6.45) is 8.79. The van der Waals surface area contributed by atoms with Gasteiger partial charge in [0.05, 0.1) is 0 Å². The van der Waals surface area contributed by atoms with E-state index in [9.17, 15) is 0 Å². The first-order chi connectivity index (χ1) is 4.87. The Hall–Kier alpha value is -0.0400. The van der Waals surface area contributed by atoms with E-state index >= 15 is 0 Å². The van der Waals surface area contributed by atoms with Gasteiger partial charge >= 0.3 is 0 Å². The lowest BCUT2D eigenvalue weighted by atomic mass is 10.0. The van der Waals surface area contributed by atoms with Gasteiger partial charge in [-0.2, -0.15) is 0 Å². The van der Waals surface area contributed by atoms with Crippen molar-refractivity contribution in [1.82, 2.24) is 0 Å². The van der Waals surface area contributed by atoms with Gasteiger partial charge in [-0.25, -0.2) is 0 Å². The average molecular weight is 139 g/mol. The fraction of sp³-hybridized carbons (Fsp3) is 1.00. The van der Waals surface area contributed by atoms with Crippen LogP contribution in [0.1, 0.15) is 38.5 Å². The smallest absolute Gasteiger partial charge is 0.00744 e. The van der Waals surface area contributed by atoms with Gasteiger partial charge in [0.2, 0.25) is 0 Å². The van der Waals surface area contributed by atoms with Gasteiger partial charge in [0.25, 0.3) is 0 Å². The van der Waals surface area contributed by atoms with Crippen molar-refractivity contribution >= 4 is 0 Å². The summed E-state index contributed by atoms with van der Waals surface area (Å²) < 4.78 is 0. The zero-order valence-electron chi connectivity index (χ0n) is 6.60. The van der Waals surface area contributed by atoms with Crippen LogP contribution in [0.15, 0.2) is 0 Å². The maximum Gasteiger partial charge on any atom is -0.00744 e. The third-order valence-corrected chi connectivity index (χ3v) is 3.47. The minimum absolute atomic E-state index is 0.833. The highest BCUT2D eigenvalue weighted by molar-refractivity contribution is 5.04. The van der Waals surface area contributed by atoms with Gasteiger partial charge < -0.3 is 5.73 Å². The van der Waals surface area contributed by atoms with E-state index in [4.69, 9.17) is 5.73 Å². The van der Waals surface area contributed by atoms with Gasteiger partial charge in [0, 0.05) is 0 Å². The minimum Gasteiger partial charge on any atom is -0.330 e. The summed E-state index contributed by atoms with van der Waals surface area (Å²) in [5.41, 5.74) is 6.35. The molecule has 2 aliphatic rings. The molecular weight excluding hydrogens is 122 g/mol. The Morgan fingerprint density at radius 3 is 2.60 bits per heavy atom. The predicted molar refractivity (Wildman–Crippen MR) is 42.7 cm³/mol. The molecule has 1 nitrogen and oxygen atoms in total. The van der Waals surface area contributed by atoms with Crippen LogP contribution in [0.25, 0.3) is 0 Å². The second-order valence-electron chi connectivity index (χ2n) is 4.05. The molecule has 0 amide bonds. The fourth-order valence-corrected chi connectivity index (χ4v) is 2.73. The third-order valence-electron chi connectivity index (χ3n) is 3.47. The summed E-state index contributed by atoms with van der Waals surface area (Å²) in [6.45, 7) is 0.909. The van der Waals surface area contributed by atoms with Gasteiger partial charge in [-0.3, -0.25) is 0 Å². The molecule has 10 heavy (non-hydrogen) atoms. The molecule has 1 spiro atoms. The SMILES string of the molecule is NCCC1CC12CCCC2. The molecule has 1 atom stereocenters. The molecule has 1 heteroatoms. The molecule has 2 aliphatic carbocycles. The lowest BCUT2D eigenvalue weighted by molar-refractivity contribution is 0.458. The van der Waals surface area contributed by atoms with Gasteiger partial charge in [0.15, 0.2) is 0 Å². The van der Waals surface area contributed by atoms with E-state index in [1.807, 2.05) is 0 Å². The highest BCUT2D eigenvalue weighted by atomic mass is 14.6. The van der Waals surface area contributed by atoms with E-state index in [0.717, 1.165) is 17.9 Å².